The van der Waals surface area contributed by atoms with Crippen molar-refractivity contribution in [1.29, 1.82) is 0 Å². The van der Waals surface area contributed by atoms with Crippen LogP contribution in [0.4, 0.5) is 0 Å². The number of rotatable bonds is 7. The molecule has 0 fully saturated rings. The van der Waals surface area contributed by atoms with Gasteiger partial charge in [0.15, 0.2) is 0 Å². The number of hydrogen-bond donors (Lipinski definition) is 1. The molecule has 0 saturated heterocycles. The molecular formula is C16H18BrNO4S. The summed E-state index contributed by atoms with van der Waals surface area (Å²) in [6.07, 6.45) is 0. The highest BCUT2D eigenvalue weighted by molar-refractivity contribution is 9.10. The lowest BCUT2D eigenvalue weighted by molar-refractivity contribution is 0.250. The predicted octanol–water partition coefficient (Wildman–Crippen LogP) is 2.64. The van der Waals surface area contributed by atoms with Crippen molar-refractivity contribution in [2.24, 2.45) is 0 Å². The first-order chi connectivity index (χ1) is 11.0. The molecule has 1 N–H and O–H groups in total. The zero-order valence-electron chi connectivity index (χ0n) is 12.6. The van der Waals surface area contributed by atoms with E-state index in [0.717, 1.165) is 5.56 Å². The maximum absolute atomic E-state index is 13.0. The van der Waals surface area contributed by atoms with Crippen molar-refractivity contribution in [3.63, 3.8) is 0 Å². The lowest BCUT2D eigenvalue weighted by Gasteiger charge is -2.22. The number of ether oxygens (including phenoxy) is 1. The summed E-state index contributed by atoms with van der Waals surface area (Å²) in [6.45, 7) is -0.0747. The van der Waals surface area contributed by atoms with Gasteiger partial charge in [-0.2, -0.15) is 4.31 Å². The average Bonchev–Trinajstić information content (AvgIpc) is 2.55. The van der Waals surface area contributed by atoms with Crippen molar-refractivity contribution < 1.29 is 18.3 Å². The topological polar surface area (TPSA) is 66.8 Å². The summed E-state index contributed by atoms with van der Waals surface area (Å²) >= 11 is 3.29. The summed E-state index contributed by atoms with van der Waals surface area (Å²) in [5.41, 5.74) is 0.846. The Morgan fingerprint density at radius 2 is 1.87 bits per heavy atom. The fourth-order valence-electron chi connectivity index (χ4n) is 2.17. The Balaban J connectivity index is 2.43. The van der Waals surface area contributed by atoms with E-state index < -0.39 is 10.0 Å². The zero-order valence-corrected chi connectivity index (χ0v) is 15.0. The number of aliphatic hydroxyl groups excluding tert-OH is 1. The SMILES string of the molecule is COc1ccc(Br)cc1S(=O)(=O)N(CCO)Cc1ccccc1. The van der Waals surface area contributed by atoms with E-state index in [-0.39, 0.29) is 30.3 Å². The van der Waals surface area contributed by atoms with Gasteiger partial charge in [0, 0.05) is 17.6 Å². The molecule has 0 radical (unpaired) electrons. The predicted molar refractivity (Wildman–Crippen MR) is 91.8 cm³/mol. The van der Waals surface area contributed by atoms with E-state index in [1.807, 2.05) is 30.3 Å². The standard InChI is InChI=1S/C16H18BrNO4S/c1-22-15-8-7-14(17)11-16(15)23(20,21)18(9-10-19)12-13-5-3-2-4-6-13/h2-8,11,19H,9-10,12H2,1H3. The van der Waals surface area contributed by atoms with Crippen molar-refractivity contribution in [3.05, 3.63) is 58.6 Å². The molecule has 7 heteroatoms. The summed E-state index contributed by atoms with van der Waals surface area (Å²) in [4.78, 5) is 0.0683. The highest BCUT2D eigenvalue weighted by atomic mass is 79.9. The lowest BCUT2D eigenvalue weighted by Crippen LogP contribution is -2.33. The number of nitrogens with zero attached hydrogens (tertiary/aromatic N) is 1. The van der Waals surface area contributed by atoms with Gasteiger partial charge in [-0.3, -0.25) is 0 Å². The molecule has 0 heterocycles. The molecule has 0 aliphatic rings. The van der Waals surface area contributed by atoms with Crippen LogP contribution < -0.4 is 4.74 Å². The quantitative estimate of drug-likeness (QED) is 0.776. The van der Waals surface area contributed by atoms with Crippen molar-refractivity contribution in [3.8, 4) is 5.75 Å². The van der Waals surface area contributed by atoms with E-state index in [9.17, 15) is 13.5 Å². The van der Waals surface area contributed by atoms with Crippen LogP contribution in [0.1, 0.15) is 5.56 Å². The monoisotopic (exact) mass is 399 g/mol. The molecule has 0 aliphatic carbocycles. The van der Waals surface area contributed by atoms with E-state index in [1.54, 1.807) is 12.1 Å². The van der Waals surface area contributed by atoms with E-state index >= 15 is 0 Å². The van der Waals surface area contributed by atoms with Crippen LogP contribution >= 0.6 is 15.9 Å². The Morgan fingerprint density at radius 3 is 2.48 bits per heavy atom. The van der Waals surface area contributed by atoms with E-state index in [0.29, 0.717) is 4.47 Å². The zero-order chi connectivity index (χ0) is 16.9. The first-order valence-electron chi connectivity index (χ1n) is 6.97. The van der Waals surface area contributed by atoms with Gasteiger partial charge in [-0.15, -0.1) is 0 Å². The smallest absolute Gasteiger partial charge is 0.247 e. The van der Waals surface area contributed by atoms with Crippen LogP contribution in [0.5, 0.6) is 5.75 Å². The highest BCUT2D eigenvalue weighted by Crippen LogP contribution is 2.30. The van der Waals surface area contributed by atoms with Gasteiger partial charge in [-0.1, -0.05) is 46.3 Å². The number of benzene rings is 2. The van der Waals surface area contributed by atoms with Gasteiger partial charge in [-0.25, -0.2) is 8.42 Å². The van der Waals surface area contributed by atoms with Gasteiger partial charge in [0.05, 0.1) is 13.7 Å². The fraction of sp³-hybridized carbons (Fsp3) is 0.250. The number of sulfonamides is 1. The molecule has 2 aromatic rings. The first kappa shape index (κ1) is 17.9. The maximum Gasteiger partial charge on any atom is 0.247 e. The van der Waals surface area contributed by atoms with E-state index in [2.05, 4.69) is 15.9 Å². The van der Waals surface area contributed by atoms with E-state index in [4.69, 9.17) is 4.74 Å². The Morgan fingerprint density at radius 1 is 1.17 bits per heavy atom. The van der Waals surface area contributed by atoms with Crippen molar-refractivity contribution in [1.82, 2.24) is 4.31 Å². The Labute approximate surface area is 144 Å². The van der Waals surface area contributed by atoms with Gasteiger partial charge in [0.1, 0.15) is 10.6 Å². The molecule has 0 aromatic heterocycles. The minimum absolute atomic E-state index is 0.00684. The van der Waals surface area contributed by atoms with Crippen LogP contribution in [0.3, 0.4) is 0 Å². The van der Waals surface area contributed by atoms with Gasteiger partial charge in [0.2, 0.25) is 10.0 Å². The van der Waals surface area contributed by atoms with Crippen LogP contribution in [0.2, 0.25) is 0 Å². The number of halogens is 1. The highest BCUT2D eigenvalue weighted by Gasteiger charge is 2.27. The fourth-order valence-corrected chi connectivity index (χ4v) is 4.29. The molecule has 0 bridgehead atoms. The third kappa shape index (κ3) is 4.32. The van der Waals surface area contributed by atoms with Crippen molar-refractivity contribution >= 4 is 26.0 Å². The molecule has 0 spiro atoms. The molecule has 0 aliphatic heterocycles. The van der Waals surface area contributed by atoms with Gasteiger partial charge in [-0.05, 0) is 23.8 Å². The number of aliphatic hydroxyl groups is 1. The number of methoxy groups -OCH3 is 1. The van der Waals surface area contributed by atoms with Gasteiger partial charge in [0.25, 0.3) is 0 Å². The molecule has 0 atom stereocenters. The molecule has 23 heavy (non-hydrogen) atoms. The Kier molecular flexibility index (Phi) is 6.17. The van der Waals surface area contributed by atoms with Gasteiger partial charge >= 0.3 is 0 Å². The van der Waals surface area contributed by atoms with Crippen LogP contribution in [0, 0.1) is 0 Å². The Hall–Kier alpha value is -1.41. The molecular weight excluding hydrogens is 382 g/mol. The number of hydrogen-bond acceptors (Lipinski definition) is 4. The molecule has 124 valence electrons. The third-order valence-electron chi connectivity index (χ3n) is 3.29. The summed E-state index contributed by atoms with van der Waals surface area (Å²) in [7, 11) is -2.38. The normalized spacial score (nSPS) is 11.7. The Bertz CT molecular complexity index is 750. The van der Waals surface area contributed by atoms with Crippen LogP contribution in [-0.4, -0.2) is 38.1 Å². The van der Waals surface area contributed by atoms with Crippen molar-refractivity contribution in [2.45, 2.75) is 11.4 Å². The molecule has 2 aromatic carbocycles. The molecule has 5 nitrogen and oxygen atoms in total. The van der Waals surface area contributed by atoms with Crippen molar-refractivity contribution in [2.75, 3.05) is 20.3 Å². The van der Waals surface area contributed by atoms with E-state index in [1.165, 1.54) is 17.5 Å². The average molecular weight is 400 g/mol. The summed E-state index contributed by atoms with van der Waals surface area (Å²) in [6, 6.07) is 14.1. The van der Waals surface area contributed by atoms with Crippen LogP contribution in [0.25, 0.3) is 0 Å². The first-order valence-corrected chi connectivity index (χ1v) is 9.21. The summed E-state index contributed by atoms with van der Waals surface area (Å²) in [5, 5.41) is 9.26. The molecule has 2 rings (SSSR count). The third-order valence-corrected chi connectivity index (χ3v) is 5.65. The van der Waals surface area contributed by atoms with Crippen LogP contribution in [0.15, 0.2) is 57.9 Å². The molecule has 0 amide bonds. The summed E-state index contributed by atoms with van der Waals surface area (Å²) < 4.78 is 33.0. The lowest BCUT2D eigenvalue weighted by atomic mass is 10.2. The minimum atomic E-state index is -3.81. The van der Waals surface area contributed by atoms with Gasteiger partial charge < -0.3 is 9.84 Å². The van der Waals surface area contributed by atoms with Crippen LogP contribution in [-0.2, 0) is 16.6 Å². The second-order valence-corrected chi connectivity index (χ2v) is 7.67. The molecule has 0 unspecified atom stereocenters. The minimum Gasteiger partial charge on any atom is -0.495 e. The second kappa shape index (κ2) is 7.92. The molecule has 0 saturated carbocycles. The summed E-state index contributed by atoms with van der Waals surface area (Å²) in [5.74, 6) is 0.268. The second-order valence-electron chi connectivity index (χ2n) is 4.84. The largest absolute Gasteiger partial charge is 0.495 e. The maximum atomic E-state index is 13.0.